The van der Waals surface area contributed by atoms with E-state index < -0.39 is 44.9 Å². The molecule has 0 radical (unpaired) electrons. The van der Waals surface area contributed by atoms with Crippen molar-refractivity contribution in [3.63, 3.8) is 0 Å². The Labute approximate surface area is 370 Å². The quantitative estimate of drug-likeness (QED) is 0.0471. The third-order valence-corrected chi connectivity index (χ3v) is 26.6. The van der Waals surface area contributed by atoms with Gasteiger partial charge in [-0.25, -0.2) is 0 Å². The molecule has 0 spiro atoms. The van der Waals surface area contributed by atoms with Crippen LogP contribution in [0.15, 0.2) is 58.7 Å². The lowest BCUT2D eigenvalue weighted by Gasteiger charge is -2.20. The summed E-state index contributed by atoms with van der Waals surface area (Å²) < 4.78 is 117. The van der Waals surface area contributed by atoms with Crippen LogP contribution in [0.1, 0.15) is 99.8 Å². The number of allylic oxidation sites excluding steroid dienone is 9. The van der Waals surface area contributed by atoms with E-state index in [1.807, 2.05) is 26.8 Å². The first kappa shape index (κ1) is 65.0. The SMILES string of the molecule is C=C(C)CCCP(=O)(CP(=O)(OC)OC)OC.COP(=O)(CC/C=C(\C)CC/C=C(\C)CCC=C(C)C)CP(=O)(OC)OC.COP(=O)(CCC=C(C)C)CP(=O)(OC)OC. The van der Waals surface area contributed by atoms with Crippen LogP contribution in [-0.2, 0) is 68.1 Å². The maximum absolute atomic E-state index is 12.8. The summed E-state index contributed by atoms with van der Waals surface area (Å²) in [5, 5.41) is 0. The molecule has 21 heteroatoms. The van der Waals surface area contributed by atoms with Crippen molar-refractivity contribution in [2.45, 2.75) is 99.8 Å². The fourth-order valence-electron chi connectivity index (χ4n) is 5.04. The second-order valence-electron chi connectivity index (χ2n) is 14.9. The minimum absolute atomic E-state index is 0.180. The molecule has 362 valence electrons. The second kappa shape index (κ2) is 34.1. The first-order chi connectivity index (χ1) is 28.2. The van der Waals surface area contributed by atoms with E-state index in [0.717, 1.165) is 43.3 Å². The molecule has 15 nitrogen and oxygen atoms in total. The van der Waals surface area contributed by atoms with Crippen LogP contribution >= 0.6 is 44.9 Å². The Morgan fingerprint density at radius 3 is 0.967 bits per heavy atom. The van der Waals surface area contributed by atoms with Crippen molar-refractivity contribution in [1.29, 1.82) is 0 Å². The van der Waals surface area contributed by atoms with Gasteiger partial charge < -0.3 is 40.7 Å². The minimum atomic E-state index is -3.35. The van der Waals surface area contributed by atoms with Gasteiger partial charge in [0.05, 0.1) is 0 Å². The molecule has 0 amide bonds. The molecule has 0 aliphatic heterocycles. The zero-order valence-electron chi connectivity index (χ0n) is 40.2. The van der Waals surface area contributed by atoms with Crippen molar-refractivity contribution in [2.24, 2.45) is 0 Å². The van der Waals surface area contributed by atoms with E-state index in [4.69, 9.17) is 40.7 Å². The van der Waals surface area contributed by atoms with Crippen molar-refractivity contribution in [1.82, 2.24) is 0 Å². The molecule has 0 aromatic heterocycles. The molecule has 0 saturated carbocycles. The van der Waals surface area contributed by atoms with Gasteiger partial charge in [0.2, 0.25) is 22.1 Å². The van der Waals surface area contributed by atoms with Crippen molar-refractivity contribution >= 4 is 44.9 Å². The van der Waals surface area contributed by atoms with Gasteiger partial charge in [-0.15, -0.1) is 6.58 Å². The van der Waals surface area contributed by atoms with Crippen LogP contribution in [-0.4, -0.2) is 100 Å². The molecule has 0 aliphatic rings. The van der Waals surface area contributed by atoms with Gasteiger partial charge in [0.1, 0.15) is 17.7 Å². The van der Waals surface area contributed by atoms with Gasteiger partial charge in [0, 0.05) is 82.5 Å². The fourth-order valence-corrected chi connectivity index (χ4v) is 19.9. The summed E-state index contributed by atoms with van der Waals surface area (Å²) in [6.45, 7) is 18.1. The van der Waals surface area contributed by atoms with E-state index >= 15 is 0 Å². The van der Waals surface area contributed by atoms with E-state index in [9.17, 15) is 27.4 Å². The van der Waals surface area contributed by atoms with E-state index in [1.54, 1.807) is 0 Å². The molecule has 0 bridgehead atoms. The third kappa shape index (κ3) is 32.9. The van der Waals surface area contributed by atoms with Crippen LogP contribution < -0.4 is 0 Å². The predicted octanol–water partition coefficient (Wildman–Crippen LogP) is 14.6. The highest BCUT2D eigenvalue weighted by molar-refractivity contribution is 7.74. The second-order valence-corrected chi connectivity index (χ2v) is 31.5. The van der Waals surface area contributed by atoms with Gasteiger partial charge in [-0.3, -0.25) is 27.4 Å². The molecular formula is C40H82O15P6. The molecule has 0 saturated heterocycles. The van der Waals surface area contributed by atoms with E-state index in [0.29, 0.717) is 37.7 Å². The van der Waals surface area contributed by atoms with E-state index in [2.05, 4.69) is 52.5 Å². The smallest absolute Gasteiger partial charge is 0.331 e. The normalized spacial score (nSPS) is 15.5. The summed E-state index contributed by atoms with van der Waals surface area (Å²) in [6, 6.07) is 0. The summed E-state index contributed by atoms with van der Waals surface area (Å²) in [5.74, 6) is -0.552. The molecule has 3 unspecified atom stereocenters. The lowest BCUT2D eigenvalue weighted by Crippen LogP contribution is -2.02. The number of hydrogen-bond donors (Lipinski definition) is 0. The Hall–Kier alpha value is -0.280. The minimum Gasteiger partial charge on any atom is -0.331 e. The van der Waals surface area contributed by atoms with Gasteiger partial charge in [0.25, 0.3) is 0 Å². The standard InChI is InChI=1S/C20H38O5P2.2C10H22O5P2/c1-18(2)11-8-12-19(3)13-9-14-20(4)15-10-16-26(21,23-5)17-27(22,24-6)25-7;2*1-10(2)7-6-8-16(11,13-3)9-17(12,14-4)15-5/h11,13,15H,8-10,12,14,16-17H2,1-7H3;7H,6,8-9H2,1-5H3;1,6-9H2,2-5H3/b19-13+,20-15+;;. The fraction of sp³-hybridized carbons (Fsp3) is 0.750. The summed E-state index contributed by atoms with van der Waals surface area (Å²) in [4.78, 5) is 0. The van der Waals surface area contributed by atoms with E-state index in [-0.39, 0.29) is 17.7 Å². The molecule has 0 rings (SSSR count). The predicted molar refractivity (Wildman–Crippen MR) is 256 cm³/mol. The molecule has 3 atom stereocenters. The zero-order chi connectivity index (χ0) is 48.0. The van der Waals surface area contributed by atoms with Crippen LogP contribution in [0.3, 0.4) is 0 Å². The highest BCUT2D eigenvalue weighted by Crippen LogP contribution is 2.64. The van der Waals surface area contributed by atoms with Crippen molar-refractivity contribution in [3.05, 3.63) is 58.7 Å². The molecular weight excluding hydrogens is 906 g/mol. The van der Waals surface area contributed by atoms with Crippen molar-refractivity contribution < 1.29 is 68.1 Å². The maximum Gasteiger partial charge on any atom is 0.339 e. The number of rotatable bonds is 31. The Kier molecular flexibility index (Phi) is 36.3. The molecule has 0 fully saturated rings. The van der Waals surface area contributed by atoms with Crippen LogP contribution in [0.2, 0.25) is 0 Å². The molecule has 0 aromatic carbocycles. The van der Waals surface area contributed by atoms with Gasteiger partial charge in [-0.05, 0) is 99.8 Å². The molecule has 61 heavy (non-hydrogen) atoms. The summed E-state index contributed by atoms with van der Waals surface area (Å²) in [7, 11) is -7.11. The molecule has 0 aromatic rings. The highest BCUT2D eigenvalue weighted by Gasteiger charge is 2.36. The van der Waals surface area contributed by atoms with E-state index in [1.165, 1.54) is 80.7 Å². The number of hydrogen-bond acceptors (Lipinski definition) is 15. The highest BCUT2D eigenvalue weighted by atomic mass is 31.2. The molecule has 0 N–H and O–H groups in total. The van der Waals surface area contributed by atoms with Gasteiger partial charge in [-0.2, -0.15) is 0 Å². The molecule has 0 heterocycles. The largest absolute Gasteiger partial charge is 0.339 e. The Balaban J connectivity index is -0.000000865. The maximum atomic E-state index is 12.8. The Bertz CT molecular complexity index is 1650. The monoisotopic (exact) mass is 988 g/mol. The van der Waals surface area contributed by atoms with Crippen LogP contribution in [0.4, 0.5) is 0 Å². The van der Waals surface area contributed by atoms with Crippen molar-refractivity contribution in [3.8, 4) is 0 Å². The first-order valence-corrected chi connectivity index (χ1v) is 31.1. The van der Waals surface area contributed by atoms with Crippen LogP contribution in [0, 0.1) is 0 Å². The average molecular weight is 989 g/mol. The van der Waals surface area contributed by atoms with Crippen molar-refractivity contribution in [2.75, 3.05) is 100 Å². The van der Waals surface area contributed by atoms with Gasteiger partial charge >= 0.3 is 22.8 Å². The third-order valence-electron chi connectivity index (χ3n) is 9.04. The lowest BCUT2D eigenvalue weighted by molar-refractivity contribution is 0.277. The van der Waals surface area contributed by atoms with Crippen LogP contribution in [0.25, 0.3) is 0 Å². The first-order valence-electron chi connectivity index (χ1n) is 20.0. The summed E-state index contributed by atoms with van der Waals surface area (Å²) in [5.41, 5.74) is 6.21. The zero-order valence-corrected chi connectivity index (χ0v) is 45.6. The van der Waals surface area contributed by atoms with Gasteiger partial charge in [-0.1, -0.05) is 52.2 Å². The topological polar surface area (TPSA) is 185 Å². The Morgan fingerprint density at radius 2 is 0.672 bits per heavy atom. The lowest BCUT2D eigenvalue weighted by atomic mass is 10.1. The average Bonchev–Trinajstić information content (AvgIpc) is 3.20. The van der Waals surface area contributed by atoms with Gasteiger partial charge in [0.15, 0.2) is 0 Å². The summed E-state index contributed by atoms with van der Waals surface area (Å²) >= 11 is 0. The molecule has 0 aliphatic carbocycles. The Morgan fingerprint density at radius 1 is 0.393 bits per heavy atom. The summed E-state index contributed by atoms with van der Waals surface area (Å²) in [6.07, 6.45) is 16.5. The van der Waals surface area contributed by atoms with Crippen LogP contribution in [0.5, 0.6) is 0 Å².